The maximum absolute atomic E-state index is 11.0. The third-order valence-electron chi connectivity index (χ3n) is 2.71. The van der Waals surface area contributed by atoms with Crippen molar-refractivity contribution in [3.05, 3.63) is 0 Å². The first-order valence-electron chi connectivity index (χ1n) is 3.95. The summed E-state index contributed by atoms with van der Waals surface area (Å²) in [6, 6.07) is 0. The molecular weight excluding hydrogens is 142 g/mol. The van der Waals surface area contributed by atoms with E-state index in [4.69, 9.17) is 0 Å². The molecule has 2 atom stereocenters. The number of rotatable bonds is 0. The van der Waals surface area contributed by atoms with Crippen LogP contribution in [0.1, 0.15) is 26.2 Å². The SMILES string of the molecule is CC1CC12CC(=O)CC(=O)N2. The van der Waals surface area contributed by atoms with Gasteiger partial charge in [-0.15, -0.1) is 0 Å². The van der Waals surface area contributed by atoms with Crippen LogP contribution in [0.2, 0.25) is 0 Å². The van der Waals surface area contributed by atoms with Crippen LogP contribution in [0, 0.1) is 5.92 Å². The van der Waals surface area contributed by atoms with Gasteiger partial charge in [0.05, 0.1) is 6.42 Å². The molecule has 3 nitrogen and oxygen atoms in total. The Kier molecular flexibility index (Phi) is 1.14. The average molecular weight is 153 g/mol. The molecule has 0 aromatic rings. The summed E-state index contributed by atoms with van der Waals surface area (Å²) < 4.78 is 0. The Balaban J connectivity index is 2.14. The highest BCUT2D eigenvalue weighted by atomic mass is 16.2. The van der Waals surface area contributed by atoms with Gasteiger partial charge in [0.25, 0.3) is 0 Å². The van der Waals surface area contributed by atoms with E-state index >= 15 is 0 Å². The topological polar surface area (TPSA) is 46.2 Å². The maximum atomic E-state index is 11.0. The fourth-order valence-electron chi connectivity index (χ4n) is 1.87. The highest BCUT2D eigenvalue weighted by Gasteiger charge is 2.55. The summed E-state index contributed by atoms with van der Waals surface area (Å²) in [4.78, 5) is 22.0. The van der Waals surface area contributed by atoms with Crippen LogP contribution >= 0.6 is 0 Å². The predicted molar refractivity (Wildman–Crippen MR) is 38.9 cm³/mol. The minimum absolute atomic E-state index is 0.0917. The molecule has 0 aromatic heterocycles. The first kappa shape index (κ1) is 6.83. The zero-order chi connectivity index (χ0) is 8.06. The van der Waals surface area contributed by atoms with Crippen LogP contribution in [0.3, 0.4) is 0 Å². The fraction of sp³-hybridized carbons (Fsp3) is 0.750. The van der Waals surface area contributed by atoms with Gasteiger partial charge in [-0.3, -0.25) is 9.59 Å². The zero-order valence-corrected chi connectivity index (χ0v) is 6.52. The number of hydrogen-bond acceptors (Lipinski definition) is 2. The zero-order valence-electron chi connectivity index (χ0n) is 6.52. The van der Waals surface area contributed by atoms with Crippen molar-refractivity contribution in [1.82, 2.24) is 5.32 Å². The lowest BCUT2D eigenvalue weighted by Gasteiger charge is -2.22. The van der Waals surface area contributed by atoms with Crippen molar-refractivity contribution in [2.75, 3.05) is 0 Å². The van der Waals surface area contributed by atoms with Crippen molar-refractivity contribution in [1.29, 1.82) is 0 Å². The Morgan fingerprint density at radius 2 is 2.18 bits per heavy atom. The second-order valence-corrected chi connectivity index (χ2v) is 3.70. The number of nitrogens with one attached hydrogen (secondary N) is 1. The third-order valence-corrected chi connectivity index (χ3v) is 2.71. The number of carbonyl (C=O) groups is 2. The molecule has 60 valence electrons. The number of piperidine rings is 1. The Morgan fingerprint density at radius 3 is 2.64 bits per heavy atom. The number of carbonyl (C=O) groups excluding carboxylic acids is 2. The predicted octanol–water partition coefficient (Wildman–Crippen LogP) is 0.244. The summed E-state index contributed by atoms with van der Waals surface area (Å²) in [5.74, 6) is 0.499. The monoisotopic (exact) mass is 153 g/mol. The van der Waals surface area contributed by atoms with E-state index in [0.29, 0.717) is 12.3 Å². The molecule has 2 unspecified atom stereocenters. The van der Waals surface area contributed by atoms with Gasteiger partial charge in [0.2, 0.25) is 5.91 Å². The number of amides is 1. The maximum Gasteiger partial charge on any atom is 0.227 e. The van der Waals surface area contributed by atoms with Gasteiger partial charge in [0.1, 0.15) is 5.78 Å². The molecule has 11 heavy (non-hydrogen) atoms. The van der Waals surface area contributed by atoms with Crippen LogP contribution in [0.25, 0.3) is 0 Å². The molecule has 1 aliphatic heterocycles. The summed E-state index contributed by atoms with van der Waals surface area (Å²) in [6.07, 6.45) is 1.62. The van der Waals surface area contributed by atoms with Gasteiger partial charge < -0.3 is 5.32 Å². The van der Waals surface area contributed by atoms with E-state index < -0.39 is 0 Å². The normalized spacial score (nSPS) is 42.5. The average Bonchev–Trinajstić information content (AvgIpc) is 2.37. The van der Waals surface area contributed by atoms with Gasteiger partial charge in [-0.2, -0.15) is 0 Å². The van der Waals surface area contributed by atoms with Crippen LogP contribution < -0.4 is 5.32 Å². The van der Waals surface area contributed by atoms with E-state index in [0.717, 1.165) is 6.42 Å². The van der Waals surface area contributed by atoms with Gasteiger partial charge in [0, 0.05) is 12.0 Å². The van der Waals surface area contributed by atoms with Crippen molar-refractivity contribution in [2.45, 2.75) is 31.7 Å². The van der Waals surface area contributed by atoms with Crippen molar-refractivity contribution in [2.24, 2.45) is 5.92 Å². The summed E-state index contributed by atoms with van der Waals surface area (Å²) in [7, 11) is 0. The smallest absolute Gasteiger partial charge is 0.227 e. The standard InChI is InChI=1S/C8H11NO2/c1-5-3-8(5)4-6(10)2-7(11)9-8/h5H,2-4H2,1H3,(H,9,11). The highest BCUT2D eigenvalue weighted by molar-refractivity contribution is 6.01. The number of Topliss-reactive ketones (excluding diaryl/α,β-unsaturated/α-hetero) is 1. The molecule has 0 bridgehead atoms. The van der Waals surface area contributed by atoms with Gasteiger partial charge >= 0.3 is 0 Å². The Bertz CT molecular complexity index is 218. The molecule has 1 N–H and O–H groups in total. The van der Waals surface area contributed by atoms with Crippen molar-refractivity contribution < 1.29 is 9.59 Å². The highest BCUT2D eigenvalue weighted by Crippen LogP contribution is 2.47. The first-order valence-corrected chi connectivity index (χ1v) is 3.95. The van der Waals surface area contributed by atoms with Crippen LogP contribution in [-0.2, 0) is 9.59 Å². The van der Waals surface area contributed by atoms with E-state index in [1.54, 1.807) is 0 Å². The fourth-order valence-corrected chi connectivity index (χ4v) is 1.87. The Morgan fingerprint density at radius 1 is 1.55 bits per heavy atom. The second kappa shape index (κ2) is 1.84. The number of hydrogen-bond donors (Lipinski definition) is 1. The van der Waals surface area contributed by atoms with Crippen LogP contribution in [0.5, 0.6) is 0 Å². The quantitative estimate of drug-likeness (QED) is 0.507. The molecule has 1 aliphatic carbocycles. The first-order chi connectivity index (χ1) is 5.12. The van der Waals surface area contributed by atoms with Crippen molar-refractivity contribution in [3.63, 3.8) is 0 Å². The summed E-state index contributed by atoms with van der Waals surface area (Å²) >= 11 is 0. The van der Waals surface area contributed by atoms with E-state index in [1.807, 2.05) is 0 Å². The molecule has 1 saturated heterocycles. The van der Waals surface area contributed by atoms with E-state index in [9.17, 15) is 9.59 Å². The molecule has 0 aromatic carbocycles. The molecule has 2 aliphatic rings. The lowest BCUT2D eigenvalue weighted by Crippen LogP contribution is -2.45. The van der Waals surface area contributed by atoms with Gasteiger partial charge in [-0.25, -0.2) is 0 Å². The summed E-state index contributed by atoms with van der Waals surface area (Å²) in [6.45, 7) is 2.07. The summed E-state index contributed by atoms with van der Waals surface area (Å²) in [5, 5.41) is 2.89. The Hall–Kier alpha value is -0.860. The van der Waals surface area contributed by atoms with E-state index in [1.165, 1.54) is 0 Å². The Labute approximate surface area is 65.2 Å². The van der Waals surface area contributed by atoms with Gasteiger partial charge in [0.15, 0.2) is 0 Å². The lowest BCUT2D eigenvalue weighted by molar-refractivity contribution is -0.132. The molecule has 1 spiro atoms. The molecule has 3 heteroatoms. The number of ketones is 1. The third kappa shape index (κ3) is 0.951. The molecule has 1 heterocycles. The minimum Gasteiger partial charge on any atom is -0.350 e. The lowest BCUT2D eigenvalue weighted by atomic mass is 9.99. The van der Waals surface area contributed by atoms with Crippen molar-refractivity contribution in [3.8, 4) is 0 Å². The van der Waals surface area contributed by atoms with E-state index in [-0.39, 0.29) is 23.7 Å². The largest absolute Gasteiger partial charge is 0.350 e. The molecule has 2 fully saturated rings. The minimum atomic E-state index is -0.119. The molecule has 1 saturated carbocycles. The van der Waals surface area contributed by atoms with Gasteiger partial charge in [-0.05, 0) is 12.3 Å². The van der Waals surface area contributed by atoms with Crippen molar-refractivity contribution >= 4 is 11.7 Å². The second-order valence-electron chi connectivity index (χ2n) is 3.70. The van der Waals surface area contributed by atoms with Crippen LogP contribution in [0.4, 0.5) is 0 Å². The van der Waals surface area contributed by atoms with Gasteiger partial charge in [-0.1, -0.05) is 6.92 Å². The van der Waals surface area contributed by atoms with Crippen LogP contribution in [0.15, 0.2) is 0 Å². The molecule has 2 rings (SSSR count). The summed E-state index contributed by atoms with van der Waals surface area (Å²) in [5.41, 5.74) is -0.119. The molecule has 0 radical (unpaired) electrons. The van der Waals surface area contributed by atoms with E-state index in [2.05, 4.69) is 12.2 Å². The van der Waals surface area contributed by atoms with Crippen LogP contribution in [-0.4, -0.2) is 17.2 Å². The molecule has 1 amide bonds. The molecular formula is C8H11NO2.